The molecule has 4 heteroatoms. The molecular formula is C13H13BrClNS. The van der Waals surface area contributed by atoms with Crippen molar-refractivity contribution >= 4 is 38.9 Å². The van der Waals surface area contributed by atoms with E-state index in [9.17, 15) is 0 Å². The van der Waals surface area contributed by atoms with Crippen LogP contribution in [0.4, 0.5) is 0 Å². The van der Waals surface area contributed by atoms with Gasteiger partial charge in [-0.15, -0.1) is 11.3 Å². The fraction of sp³-hybridized carbons (Fsp3) is 0.231. The van der Waals surface area contributed by atoms with Crippen molar-refractivity contribution < 1.29 is 0 Å². The van der Waals surface area contributed by atoms with Crippen LogP contribution >= 0.6 is 38.9 Å². The topological polar surface area (TPSA) is 12.0 Å². The number of hydrogen-bond acceptors (Lipinski definition) is 2. The maximum atomic E-state index is 6.08. The van der Waals surface area contributed by atoms with Crippen molar-refractivity contribution in [3.63, 3.8) is 0 Å². The van der Waals surface area contributed by atoms with Crippen LogP contribution in [0.5, 0.6) is 0 Å². The average Bonchev–Trinajstić information content (AvgIpc) is 2.60. The van der Waals surface area contributed by atoms with Crippen molar-refractivity contribution in [1.82, 2.24) is 5.32 Å². The van der Waals surface area contributed by atoms with Crippen LogP contribution in [0.15, 0.2) is 34.1 Å². The van der Waals surface area contributed by atoms with Crippen LogP contribution in [-0.2, 0) is 0 Å². The van der Waals surface area contributed by atoms with E-state index in [1.807, 2.05) is 13.1 Å². The van der Waals surface area contributed by atoms with E-state index in [1.165, 1.54) is 16.0 Å². The number of rotatable bonds is 3. The van der Waals surface area contributed by atoms with Gasteiger partial charge in [0.2, 0.25) is 0 Å². The first-order chi connectivity index (χ1) is 8.11. The summed E-state index contributed by atoms with van der Waals surface area (Å²) in [6.07, 6.45) is 0. The molecule has 17 heavy (non-hydrogen) atoms. The Labute approximate surface area is 119 Å². The zero-order chi connectivity index (χ0) is 12.4. The number of thiophene rings is 1. The molecule has 90 valence electrons. The van der Waals surface area contributed by atoms with Crippen molar-refractivity contribution in [3.05, 3.63) is 55.1 Å². The molecule has 0 bridgehead atoms. The van der Waals surface area contributed by atoms with Crippen LogP contribution in [0.25, 0.3) is 0 Å². The lowest BCUT2D eigenvalue weighted by Gasteiger charge is -2.15. The Morgan fingerprint density at radius 3 is 2.65 bits per heavy atom. The van der Waals surface area contributed by atoms with E-state index in [4.69, 9.17) is 11.6 Å². The van der Waals surface area contributed by atoms with E-state index in [0.717, 1.165) is 8.81 Å². The van der Waals surface area contributed by atoms with E-state index in [1.54, 1.807) is 11.3 Å². The van der Waals surface area contributed by atoms with Crippen LogP contribution in [0.1, 0.15) is 22.0 Å². The van der Waals surface area contributed by atoms with Gasteiger partial charge in [-0.25, -0.2) is 0 Å². The predicted molar refractivity (Wildman–Crippen MR) is 79.1 cm³/mol. The highest BCUT2D eigenvalue weighted by atomic mass is 79.9. The third-order valence-electron chi connectivity index (χ3n) is 2.61. The Morgan fingerprint density at radius 2 is 2.12 bits per heavy atom. The Morgan fingerprint density at radius 1 is 1.35 bits per heavy atom. The van der Waals surface area contributed by atoms with Crippen molar-refractivity contribution in [2.24, 2.45) is 0 Å². The Kier molecular flexibility index (Phi) is 4.26. The molecule has 0 amide bonds. The molecule has 0 saturated carbocycles. The van der Waals surface area contributed by atoms with Crippen LogP contribution < -0.4 is 5.32 Å². The van der Waals surface area contributed by atoms with Crippen LogP contribution in [-0.4, -0.2) is 7.05 Å². The monoisotopic (exact) mass is 329 g/mol. The SMILES string of the molecule is CNC(c1cccc(C)c1)c1cc(Cl)c(Br)s1. The fourth-order valence-electron chi connectivity index (χ4n) is 1.83. The Hall–Kier alpha value is -0.350. The van der Waals surface area contributed by atoms with Crippen molar-refractivity contribution in [1.29, 1.82) is 0 Å². The van der Waals surface area contributed by atoms with Gasteiger partial charge in [0, 0.05) is 4.88 Å². The van der Waals surface area contributed by atoms with Crippen molar-refractivity contribution in [3.8, 4) is 0 Å². The third kappa shape index (κ3) is 2.91. The molecular weight excluding hydrogens is 318 g/mol. The summed E-state index contributed by atoms with van der Waals surface area (Å²) < 4.78 is 0.988. The lowest BCUT2D eigenvalue weighted by molar-refractivity contribution is 0.703. The molecule has 0 aliphatic heterocycles. The van der Waals surface area contributed by atoms with Gasteiger partial charge in [-0.3, -0.25) is 0 Å². The minimum Gasteiger partial charge on any atom is -0.309 e. The fourth-order valence-corrected chi connectivity index (χ4v) is 3.71. The Bertz CT molecular complexity index is 504. The maximum Gasteiger partial charge on any atom is 0.0888 e. The van der Waals surface area contributed by atoms with Gasteiger partial charge in [-0.05, 0) is 41.5 Å². The van der Waals surface area contributed by atoms with E-state index in [0.29, 0.717) is 0 Å². The van der Waals surface area contributed by atoms with Gasteiger partial charge in [-0.2, -0.15) is 0 Å². The van der Waals surface area contributed by atoms with Gasteiger partial charge < -0.3 is 5.32 Å². The van der Waals surface area contributed by atoms with E-state index < -0.39 is 0 Å². The summed E-state index contributed by atoms with van der Waals surface area (Å²) in [7, 11) is 1.97. The summed E-state index contributed by atoms with van der Waals surface area (Å²) in [6, 6.07) is 10.7. The van der Waals surface area contributed by atoms with Gasteiger partial charge in [0.05, 0.1) is 14.9 Å². The van der Waals surface area contributed by atoms with Gasteiger partial charge in [-0.1, -0.05) is 41.4 Å². The second-order valence-electron chi connectivity index (χ2n) is 3.91. The Balaban J connectivity index is 2.39. The molecule has 2 aromatic rings. The van der Waals surface area contributed by atoms with Crippen molar-refractivity contribution in [2.45, 2.75) is 13.0 Å². The molecule has 0 aliphatic rings. The molecule has 0 saturated heterocycles. The number of hydrogen-bond donors (Lipinski definition) is 1. The van der Waals surface area contributed by atoms with Crippen LogP contribution in [0.3, 0.4) is 0 Å². The first-order valence-corrected chi connectivity index (χ1v) is 7.29. The minimum atomic E-state index is 0.198. The molecule has 1 aromatic carbocycles. The van der Waals surface area contributed by atoms with E-state index >= 15 is 0 Å². The molecule has 1 unspecified atom stereocenters. The molecule has 1 N–H and O–H groups in total. The van der Waals surface area contributed by atoms with Crippen LogP contribution in [0.2, 0.25) is 5.02 Å². The number of nitrogens with one attached hydrogen (secondary N) is 1. The second kappa shape index (κ2) is 5.53. The highest BCUT2D eigenvalue weighted by molar-refractivity contribution is 9.11. The van der Waals surface area contributed by atoms with E-state index in [-0.39, 0.29) is 6.04 Å². The zero-order valence-electron chi connectivity index (χ0n) is 9.63. The average molecular weight is 331 g/mol. The zero-order valence-corrected chi connectivity index (χ0v) is 12.8. The first kappa shape index (κ1) is 13.1. The molecule has 0 aliphatic carbocycles. The largest absolute Gasteiger partial charge is 0.309 e. The number of aryl methyl sites for hydroxylation is 1. The highest BCUT2D eigenvalue weighted by Crippen LogP contribution is 2.37. The summed E-state index contributed by atoms with van der Waals surface area (Å²) in [6.45, 7) is 2.10. The van der Waals surface area contributed by atoms with E-state index in [2.05, 4.69) is 52.4 Å². The first-order valence-electron chi connectivity index (χ1n) is 5.30. The minimum absolute atomic E-state index is 0.198. The third-order valence-corrected chi connectivity index (χ3v) is 5.15. The summed E-state index contributed by atoms with van der Waals surface area (Å²) in [5.41, 5.74) is 2.53. The number of benzene rings is 1. The maximum absolute atomic E-state index is 6.08. The summed E-state index contributed by atoms with van der Waals surface area (Å²) in [5, 5.41) is 4.11. The molecule has 2 rings (SSSR count). The van der Waals surface area contributed by atoms with Gasteiger partial charge >= 0.3 is 0 Å². The van der Waals surface area contributed by atoms with Gasteiger partial charge in [0.25, 0.3) is 0 Å². The lowest BCUT2D eigenvalue weighted by Crippen LogP contribution is -2.16. The summed E-state index contributed by atoms with van der Waals surface area (Å²) in [5.74, 6) is 0. The standard InChI is InChI=1S/C13H13BrClNS/c1-8-4-3-5-9(6-8)12(16-2)11-7-10(15)13(14)17-11/h3-7,12,16H,1-2H3. The normalized spacial score (nSPS) is 12.7. The quantitative estimate of drug-likeness (QED) is 0.854. The second-order valence-corrected chi connectivity index (χ2v) is 6.72. The molecule has 0 spiro atoms. The molecule has 0 radical (unpaired) electrons. The van der Waals surface area contributed by atoms with Crippen molar-refractivity contribution in [2.75, 3.05) is 7.05 Å². The van der Waals surface area contributed by atoms with Gasteiger partial charge in [0.15, 0.2) is 0 Å². The molecule has 1 nitrogen and oxygen atoms in total. The molecule has 1 aromatic heterocycles. The molecule has 0 fully saturated rings. The predicted octanol–water partition coefficient (Wildman–Crippen LogP) is 4.78. The molecule has 1 atom stereocenters. The highest BCUT2D eigenvalue weighted by Gasteiger charge is 2.16. The summed E-state index contributed by atoms with van der Waals surface area (Å²) in [4.78, 5) is 1.22. The van der Waals surface area contributed by atoms with Crippen LogP contribution in [0, 0.1) is 6.92 Å². The smallest absolute Gasteiger partial charge is 0.0888 e. The summed E-state index contributed by atoms with van der Waals surface area (Å²) >= 11 is 11.2. The lowest BCUT2D eigenvalue weighted by atomic mass is 10.0. The van der Waals surface area contributed by atoms with Gasteiger partial charge in [0.1, 0.15) is 0 Å². The molecule has 1 heterocycles. The number of halogens is 2.